The van der Waals surface area contributed by atoms with Crippen LogP contribution in [0, 0.1) is 5.92 Å². The predicted molar refractivity (Wildman–Crippen MR) is 63.2 cm³/mol. The number of hydrogen-bond donors (Lipinski definition) is 1. The number of nitrogens with two attached hydrogens (primary N) is 1. The molecule has 0 aliphatic carbocycles. The van der Waals surface area contributed by atoms with Gasteiger partial charge in [-0.25, -0.2) is 0 Å². The maximum atomic E-state index is 12.5. The van der Waals surface area contributed by atoms with Crippen LogP contribution in [-0.4, -0.2) is 19.8 Å². The lowest BCUT2D eigenvalue weighted by Crippen LogP contribution is -2.46. The summed E-state index contributed by atoms with van der Waals surface area (Å²) in [6, 6.07) is 4.73. The summed E-state index contributed by atoms with van der Waals surface area (Å²) in [5.74, 6) is -0.884. The van der Waals surface area contributed by atoms with Gasteiger partial charge in [0, 0.05) is 11.5 Å². The van der Waals surface area contributed by atoms with Crippen molar-refractivity contribution < 1.29 is 22.6 Å². The van der Waals surface area contributed by atoms with Gasteiger partial charge >= 0.3 is 6.18 Å². The van der Waals surface area contributed by atoms with Crippen LogP contribution in [0.2, 0.25) is 0 Å². The van der Waals surface area contributed by atoms with Crippen molar-refractivity contribution in [3.05, 3.63) is 35.4 Å². The first kappa shape index (κ1) is 14.3. The first-order chi connectivity index (χ1) is 8.87. The summed E-state index contributed by atoms with van der Waals surface area (Å²) in [5.41, 5.74) is 5.48. The van der Waals surface area contributed by atoms with E-state index < -0.39 is 17.5 Å². The zero-order valence-corrected chi connectivity index (χ0v) is 10.5. The van der Waals surface area contributed by atoms with E-state index in [1.165, 1.54) is 12.1 Å². The molecule has 0 spiro atoms. The van der Waals surface area contributed by atoms with Gasteiger partial charge in [-0.1, -0.05) is 19.1 Å². The summed E-state index contributed by atoms with van der Waals surface area (Å²) >= 11 is 0. The summed E-state index contributed by atoms with van der Waals surface area (Å²) in [7, 11) is 0. The summed E-state index contributed by atoms with van der Waals surface area (Å²) in [6.07, 6.45) is -4.35. The number of halogens is 3. The average molecular weight is 275 g/mol. The van der Waals surface area contributed by atoms with Crippen molar-refractivity contribution >= 4 is 0 Å². The zero-order valence-electron chi connectivity index (χ0n) is 10.5. The average Bonchev–Trinajstić information content (AvgIpc) is 2.39. The molecule has 0 bridgehead atoms. The molecule has 1 aromatic rings. The highest BCUT2D eigenvalue weighted by atomic mass is 19.4. The monoisotopic (exact) mass is 275 g/mol. The molecule has 0 aromatic heterocycles. The van der Waals surface area contributed by atoms with Gasteiger partial charge in [0.2, 0.25) is 5.79 Å². The van der Waals surface area contributed by atoms with Crippen molar-refractivity contribution in [3.8, 4) is 0 Å². The molecule has 0 atom stereocenters. The molecule has 1 saturated heterocycles. The molecule has 3 nitrogen and oxygen atoms in total. The molecule has 19 heavy (non-hydrogen) atoms. The number of rotatable bonds is 2. The van der Waals surface area contributed by atoms with Crippen LogP contribution in [0.5, 0.6) is 0 Å². The van der Waals surface area contributed by atoms with Gasteiger partial charge in [0.05, 0.1) is 25.3 Å². The third-order valence-electron chi connectivity index (χ3n) is 3.12. The largest absolute Gasteiger partial charge is 0.416 e. The van der Waals surface area contributed by atoms with Crippen LogP contribution in [0.15, 0.2) is 24.3 Å². The van der Waals surface area contributed by atoms with Crippen molar-refractivity contribution in [2.45, 2.75) is 18.9 Å². The van der Waals surface area contributed by atoms with Crippen molar-refractivity contribution in [3.63, 3.8) is 0 Å². The maximum Gasteiger partial charge on any atom is 0.416 e. The smallest absolute Gasteiger partial charge is 0.344 e. The van der Waals surface area contributed by atoms with Crippen molar-refractivity contribution in [1.82, 2.24) is 0 Å². The van der Waals surface area contributed by atoms with E-state index in [1.807, 2.05) is 6.92 Å². The van der Waals surface area contributed by atoms with Gasteiger partial charge in [-0.3, -0.25) is 0 Å². The van der Waals surface area contributed by atoms with E-state index in [0.29, 0.717) is 18.8 Å². The molecule has 1 fully saturated rings. The minimum absolute atomic E-state index is 0.0606. The Kier molecular flexibility index (Phi) is 3.85. The zero-order chi connectivity index (χ0) is 14.1. The fourth-order valence-electron chi connectivity index (χ4n) is 1.96. The van der Waals surface area contributed by atoms with Gasteiger partial charge in [-0.05, 0) is 12.1 Å². The fourth-order valence-corrected chi connectivity index (χ4v) is 1.96. The highest BCUT2D eigenvalue weighted by molar-refractivity contribution is 5.28. The van der Waals surface area contributed by atoms with Crippen molar-refractivity contribution in [1.29, 1.82) is 0 Å². The maximum absolute atomic E-state index is 12.5. The Hall–Kier alpha value is -1.11. The Morgan fingerprint density at radius 2 is 1.74 bits per heavy atom. The van der Waals surface area contributed by atoms with E-state index in [4.69, 9.17) is 15.2 Å². The molecule has 0 unspecified atom stereocenters. The van der Waals surface area contributed by atoms with E-state index in [9.17, 15) is 13.2 Å². The molecule has 106 valence electrons. The molecule has 1 aliphatic rings. The first-order valence-corrected chi connectivity index (χ1v) is 6.03. The van der Waals surface area contributed by atoms with Crippen molar-refractivity contribution in [2.24, 2.45) is 11.7 Å². The highest BCUT2D eigenvalue weighted by Crippen LogP contribution is 2.34. The quantitative estimate of drug-likeness (QED) is 0.902. The van der Waals surface area contributed by atoms with Crippen LogP contribution < -0.4 is 5.73 Å². The molecule has 0 amide bonds. The second kappa shape index (κ2) is 5.11. The number of benzene rings is 1. The second-order valence-electron chi connectivity index (χ2n) is 4.76. The molecule has 2 N–H and O–H groups in total. The highest BCUT2D eigenvalue weighted by Gasteiger charge is 2.38. The van der Waals surface area contributed by atoms with Gasteiger partial charge in [-0.2, -0.15) is 13.2 Å². The molecular formula is C13H16F3NO2. The normalized spacial score (nSPS) is 28.4. The lowest BCUT2D eigenvalue weighted by molar-refractivity contribution is -0.284. The Labute approximate surface area is 109 Å². The van der Waals surface area contributed by atoms with Crippen LogP contribution in [0.1, 0.15) is 18.1 Å². The minimum Gasteiger partial charge on any atom is -0.344 e. The van der Waals surface area contributed by atoms with Crippen molar-refractivity contribution in [2.75, 3.05) is 19.8 Å². The predicted octanol–water partition coefficient (Wildman–Crippen LogP) is 2.50. The van der Waals surface area contributed by atoms with Crippen LogP contribution in [0.4, 0.5) is 13.2 Å². The molecular weight excluding hydrogens is 259 g/mol. The molecule has 1 heterocycles. The number of ether oxygens (including phenoxy) is 2. The molecule has 0 radical (unpaired) electrons. The van der Waals surface area contributed by atoms with E-state index in [0.717, 1.165) is 12.1 Å². The lowest BCUT2D eigenvalue weighted by Gasteiger charge is -2.39. The summed E-state index contributed by atoms with van der Waals surface area (Å²) in [6.45, 7) is 2.97. The summed E-state index contributed by atoms with van der Waals surface area (Å²) in [4.78, 5) is 0. The summed E-state index contributed by atoms with van der Waals surface area (Å²) < 4.78 is 48.7. The van der Waals surface area contributed by atoms with Gasteiger partial charge in [0.15, 0.2) is 0 Å². The fraction of sp³-hybridized carbons (Fsp3) is 0.538. The topological polar surface area (TPSA) is 44.5 Å². The molecule has 6 heteroatoms. The Morgan fingerprint density at radius 3 is 2.16 bits per heavy atom. The Morgan fingerprint density at radius 1 is 1.21 bits per heavy atom. The van der Waals surface area contributed by atoms with E-state index >= 15 is 0 Å². The van der Waals surface area contributed by atoms with Crippen LogP contribution in [-0.2, 0) is 21.4 Å². The molecule has 0 saturated carbocycles. The van der Waals surface area contributed by atoms with Gasteiger partial charge in [-0.15, -0.1) is 0 Å². The van der Waals surface area contributed by atoms with E-state index in [1.54, 1.807) is 0 Å². The van der Waals surface area contributed by atoms with Gasteiger partial charge in [0.1, 0.15) is 0 Å². The SMILES string of the molecule is CC1COC(CN)(c2ccc(C(F)(F)F)cc2)OC1. The third-order valence-corrected chi connectivity index (χ3v) is 3.12. The molecule has 2 rings (SSSR count). The van der Waals surface area contributed by atoms with Crippen LogP contribution in [0.25, 0.3) is 0 Å². The second-order valence-corrected chi connectivity index (χ2v) is 4.76. The molecule has 1 aliphatic heterocycles. The number of alkyl halides is 3. The van der Waals surface area contributed by atoms with E-state index in [-0.39, 0.29) is 12.5 Å². The Balaban J connectivity index is 2.25. The van der Waals surface area contributed by atoms with Gasteiger partial charge in [0.25, 0.3) is 0 Å². The summed E-state index contributed by atoms with van der Waals surface area (Å²) in [5, 5.41) is 0. The Bertz CT molecular complexity index is 423. The number of hydrogen-bond acceptors (Lipinski definition) is 3. The van der Waals surface area contributed by atoms with Crippen LogP contribution >= 0.6 is 0 Å². The minimum atomic E-state index is -4.35. The standard InChI is InChI=1S/C13H16F3NO2/c1-9-6-18-12(8-17,19-7-9)10-2-4-11(5-3-10)13(14,15)16/h2-5,9H,6-8,17H2,1H3. The third kappa shape index (κ3) is 2.91. The first-order valence-electron chi connectivity index (χ1n) is 6.03. The lowest BCUT2D eigenvalue weighted by atomic mass is 10.0. The van der Waals surface area contributed by atoms with Gasteiger partial charge < -0.3 is 15.2 Å². The molecule has 1 aromatic carbocycles. The van der Waals surface area contributed by atoms with E-state index in [2.05, 4.69) is 0 Å². The van der Waals surface area contributed by atoms with Crippen LogP contribution in [0.3, 0.4) is 0 Å².